The predicted molar refractivity (Wildman–Crippen MR) is 158 cm³/mol. The lowest BCUT2D eigenvalue weighted by Gasteiger charge is -2.46. The molecule has 5 unspecified atom stereocenters. The molecule has 0 saturated carbocycles. The van der Waals surface area contributed by atoms with E-state index in [0.29, 0.717) is 43.2 Å². The van der Waals surface area contributed by atoms with Gasteiger partial charge in [0.1, 0.15) is 0 Å². The number of benzene rings is 1. The molecule has 6 rings (SSSR count). The highest BCUT2D eigenvalue weighted by molar-refractivity contribution is 5.88. The van der Waals surface area contributed by atoms with Gasteiger partial charge in [-0.25, -0.2) is 9.22 Å². The number of carbonyl (C=O) groups excluding carboxylic acids is 3. The number of hydrogen-bond acceptors (Lipinski definition) is 8. The van der Waals surface area contributed by atoms with Gasteiger partial charge in [0, 0.05) is 37.7 Å². The Bertz CT molecular complexity index is 1280. The quantitative estimate of drug-likeness (QED) is 0.330. The molecule has 2 fully saturated rings. The van der Waals surface area contributed by atoms with E-state index in [1.165, 1.54) is 0 Å². The number of likely N-dealkylation sites (tertiary alicyclic amines) is 1. The minimum absolute atomic E-state index is 0.00940. The summed E-state index contributed by atoms with van der Waals surface area (Å²) >= 11 is 0. The van der Waals surface area contributed by atoms with Gasteiger partial charge in [-0.15, -0.1) is 0 Å². The van der Waals surface area contributed by atoms with Crippen molar-refractivity contribution in [2.45, 2.75) is 101 Å². The van der Waals surface area contributed by atoms with Crippen LogP contribution in [0.2, 0.25) is 0 Å². The molecule has 4 heterocycles. The van der Waals surface area contributed by atoms with Crippen LogP contribution in [0.25, 0.3) is 0 Å². The van der Waals surface area contributed by atoms with E-state index in [1.807, 2.05) is 18.2 Å². The lowest BCUT2D eigenvalue weighted by Crippen LogP contribution is -2.55. The van der Waals surface area contributed by atoms with Crippen LogP contribution < -0.4 is 9.47 Å². The summed E-state index contributed by atoms with van der Waals surface area (Å²) in [5.74, 6) is 0.606. The number of hydrogen-bond donors (Lipinski definition) is 2. The Hall–Kier alpha value is -2.95. The highest BCUT2D eigenvalue weighted by Gasteiger charge is 2.54. The number of carbonyl (C=O) groups is 2. The fraction of sp³-hybridized carbons (Fsp3) is 0.667. The van der Waals surface area contributed by atoms with Crippen LogP contribution in [0.3, 0.4) is 0 Å². The SMILES string of the molecule is C=[O+]C1=CC2CCCN3CCc4cc5c(cc4C(C1OC(=O)C(O)(CCCC(C)(C)O)CC(=O)N1CCCC1)C23)OCO5. The molecule has 2 saturated heterocycles. The number of aliphatic hydroxyl groups is 2. The Morgan fingerprint density at radius 1 is 1.07 bits per heavy atom. The van der Waals surface area contributed by atoms with E-state index in [-0.39, 0.29) is 43.4 Å². The molecule has 5 aliphatic rings. The molecular formula is C33H45N2O8+. The number of rotatable bonds is 9. The largest absolute Gasteiger partial charge is 0.454 e. The molecule has 1 aromatic rings. The van der Waals surface area contributed by atoms with E-state index >= 15 is 0 Å². The summed E-state index contributed by atoms with van der Waals surface area (Å²) in [7, 11) is 0. The smallest absolute Gasteiger partial charge is 0.365 e. The van der Waals surface area contributed by atoms with Gasteiger partial charge in [0.2, 0.25) is 18.8 Å². The summed E-state index contributed by atoms with van der Waals surface area (Å²) in [5, 5.41) is 22.2. The molecule has 0 aromatic heterocycles. The fourth-order valence-electron chi connectivity index (χ4n) is 7.75. The van der Waals surface area contributed by atoms with Crippen molar-refractivity contribution in [2.24, 2.45) is 5.92 Å². The summed E-state index contributed by atoms with van der Waals surface area (Å²) in [4.78, 5) is 31.6. The van der Waals surface area contributed by atoms with Crippen LogP contribution >= 0.6 is 0 Å². The van der Waals surface area contributed by atoms with E-state index in [0.717, 1.165) is 56.3 Å². The van der Waals surface area contributed by atoms with E-state index in [9.17, 15) is 19.8 Å². The Morgan fingerprint density at radius 2 is 1.81 bits per heavy atom. The molecule has 5 atom stereocenters. The molecule has 234 valence electrons. The van der Waals surface area contributed by atoms with Crippen molar-refractivity contribution in [3.63, 3.8) is 0 Å². The van der Waals surface area contributed by atoms with Crippen molar-refractivity contribution in [1.82, 2.24) is 9.80 Å². The van der Waals surface area contributed by atoms with Crippen LogP contribution in [0.1, 0.15) is 82.3 Å². The van der Waals surface area contributed by atoms with Crippen LogP contribution in [0.15, 0.2) is 24.0 Å². The topological polar surface area (TPSA) is 120 Å². The van der Waals surface area contributed by atoms with Crippen molar-refractivity contribution in [3.8, 4) is 11.5 Å². The second-order valence-corrected chi connectivity index (χ2v) is 13.5. The maximum Gasteiger partial charge on any atom is 0.365 e. The maximum absolute atomic E-state index is 14.1. The zero-order valence-electron chi connectivity index (χ0n) is 25.4. The first-order chi connectivity index (χ1) is 20.6. The molecule has 1 aliphatic carbocycles. The molecule has 0 bridgehead atoms. The molecule has 10 nitrogen and oxygen atoms in total. The highest BCUT2D eigenvalue weighted by Crippen LogP contribution is 2.49. The van der Waals surface area contributed by atoms with Crippen LogP contribution in [0, 0.1) is 5.92 Å². The molecule has 10 heteroatoms. The Labute approximate surface area is 253 Å². The Balaban J connectivity index is 1.35. The number of ether oxygens (including phenoxy) is 3. The first-order valence-electron chi connectivity index (χ1n) is 15.8. The van der Waals surface area contributed by atoms with Crippen molar-refractivity contribution in [3.05, 3.63) is 35.1 Å². The predicted octanol–water partition coefficient (Wildman–Crippen LogP) is 2.99. The third kappa shape index (κ3) is 6.06. The van der Waals surface area contributed by atoms with E-state index in [2.05, 4.69) is 11.7 Å². The third-order valence-corrected chi connectivity index (χ3v) is 9.92. The molecular weight excluding hydrogens is 552 g/mol. The first-order valence-corrected chi connectivity index (χ1v) is 15.8. The van der Waals surface area contributed by atoms with Gasteiger partial charge in [0.25, 0.3) is 6.79 Å². The molecule has 0 spiro atoms. The lowest BCUT2D eigenvalue weighted by atomic mass is 9.71. The van der Waals surface area contributed by atoms with Crippen molar-refractivity contribution in [2.75, 3.05) is 33.0 Å². The van der Waals surface area contributed by atoms with Crippen molar-refractivity contribution in [1.29, 1.82) is 0 Å². The van der Waals surface area contributed by atoms with Gasteiger partial charge in [-0.3, -0.25) is 9.69 Å². The standard InChI is InChI=1S/C33H45N2O8/c1-32(2,38)10-7-11-33(39,19-27(36)34-12-4-5-13-34)31(37)43-30-26(40-3)17-22-8-6-14-35-15-9-21-16-24-25(42-20-41-24)18-23(21)28(30)29(22)35/h16-18,22,28-30,38-39H,3-15,19-20H2,1-2H3/q+1. The van der Waals surface area contributed by atoms with Crippen LogP contribution in [-0.2, 0) is 25.2 Å². The lowest BCUT2D eigenvalue weighted by molar-refractivity contribution is -0.404. The monoisotopic (exact) mass is 597 g/mol. The number of esters is 1. The summed E-state index contributed by atoms with van der Waals surface area (Å²) in [6, 6.07) is 4.10. The minimum Gasteiger partial charge on any atom is -0.454 e. The van der Waals surface area contributed by atoms with Gasteiger partial charge in [-0.05, 0) is 95.0 Å². The normalized spacial score (nSPS) is 27.8. The van der Waals surface area contributed by atoms with Crippen molar-refractivity contribution >= 4 is 18.7 Å². The highest BCUT2D eigenvalue weighted by atomic mass is 16.7. The van der Waals surface area contributed by atoms with E-state index in [1.54, 1.807) is 18.7 Å². The Morgan fingerprint density at radius 3 is 2.53 bits per heavy atom. The average Bonchev–Trinajstić information content (AvgIpc) is 3.64. The molecule has 1 aromatic carbocycles. The van der Waals surface area contributed by atoms with Gasteiger partial charge in [0.15, 0.2) is 17.1 Å². The third-order valence-electron chi connectivity index (χ3n) is 9.92. The molecule has 1 amide bonds. The van der Waals surface area contributed by atoms with Gasteiger partial charge in [-0.1, -0.05) is 0 Å². The summed E-state index contributed by atoms with van der Waals surface area (Å²) in [6.07, 6.45) is 6.18. The zero-order chi connectivity index (χ0) is 30.4. The van der Waals surface area contributed by atoms with Crippen LogP contribution in [0.5, 0.6) is 11.5 Å². The number of nitrogens with zero attached hydrogens (tertiary/aromatic N) is 2. The summed E-state index contributed by atoms with van der Waals surface area (Å²) < 4.78 is 23.4. The molecule has 4 aliphatic heterocycles. The van der Waals surface area contributed by atoms with Gasteiger partial charge in [0.05, 0.1) is 17.9 Å². The number of fused-ring (bicyclic) bond motifs is 3. The second kappa shape index (κ2) is 11.9. The molecule has 0 radical (unpaired) electrons. The van der Waals surface area contributed by atoms with Crippen LogP contribution in [-0.4, -0.2) is 95.0 Å². The van der Waals surface area contributed by atoms with E-state index in [4.69, 9.17) is 18.6 Å². The van der Waals surface area contributed by atoms with E-state index < -0.39 is 23.3 Å². The minimum atomic E-state index is -2.05. The van der Waals surface area contributed by atoms with Gasteiger partial charge >= 0.3 is 11.7 Å². The summed E-state index contributed by atoms with van der Waals surface area (Å²) in [5.41, 5.74) is -0.899. The van der Waals surface area contributed by atoms with Crippen molar-refractivity contribution < 1.29 is 38.4 Å². The average molecular weight is 598 g/mol. The van der Waals surface area contributed by atoms with Gasteiger partial charge < -0.3 is 29.3 Å². The Kier molecular flexibility index (Phi) is 8.30. The summed E-state index contributed by atoms with van der Waals surface area (Å²) in [6.45, 7) is 10.3. The first kappa shape index (κ1) is 30.1. The molecule has 43 heavy (non-hydrogen) atoms. The number of amides is 1. The van der Waals surface area contributed by atoms with Gasteiger partial charge in [-0.2, -0.15) is 0 Å². The maximum atomic E-state index is 14.1. The van der Waals surface area contributed by atoms with Crippen LogP contribution in [0.4, 0.5) is 0 Å². The zero-order valence-corrected chi connectivity index (χ0v) is 25.4. The second-order valence-electron chi connectivity index (χ2n) is 13.5. The molecule has 2 N–H and O–H groups in total. The number of piperidine rings is 1. The fourth-order valence-corrected chi connectivity index (χ4v) is 7.75.